The standard InChI is InChI=1S/C13H21N3O2/c1-4-12(17)11-6-5-10(7-15-11)16(9(2)3)8-13(14)18/h5-7,9,12,17H,4,8H2,1-3H3,(H2,14,18)/t12-/m0/s1. The maximum atomic E-state index is 11.0. The Morgan fingerprint density at radius 2 is 2.17 bits per heavy atom. The molecule has 0 aromatic carbocycles. The highest BCUT2D eigenvalue weighted by Crippen LogP contribution is 2.19. The Morgan fingerprint density at radius 1 is 1.50 bits per heavy atom. The van der Waals surface area contributed by atoms with Crippen LogP contribution in [-0.2, 0) is 4.79 Å². The van der Waals surface area contributed by atoms with E-state index in [0.29, 0.717) is 12.1 Å². The Hall–Kier alpha value is -1.62. The van der Waals surface area contributed by atoms with Gasteiger partial charge in [0.1, 0.15) is 0 Å². The number of primary amides is 1. The van der Waals surface area contributed by atoms with E-state index in [-0.39, 0.29) is 18.5 Å². The summed E-state index contributed by atoms with van der Waals surface area (Å²) in [6, 6.07) is 3.78. The number of nitrogens with two attached hydrogens (primary N) is 1. The zero-order valence-electron chi connectivity index (χ0n) is 11.1. The van der Waals surface area contributed by atoms with Crippen LogP contribution < -0.4 is 10.6 Å². The molecule has 0 bridgehead atoms. The molecule has 1 rings (SSSR count). The number of hydrogen-bond acceptors (Lipinski definition) is 4. The maximum absolute atomic E-state index is 11.0. The van der Waals surface area contributed by atoms with Crippen LogP contribution in [0, 0.1) is 0 Å². The third-order valence-electron chi connectivity index (χ3n) is 2.78. The average Bonchev–Trinajstić information content (AvgIpc) is 2.34. The number of anilines is 1. The van der Waals surface area contributed by atoms with Gasteiger partial charge in [0.15, 0.2) is 0 Å². The highest BCUT2D eigenvalue weighted by Gasteiger charge is 2.14. The van der Waals surface area contributed by atoms with Gasteiger partial charge in [-0.05, 0) is 32.4 Å². The summed E-state index contributed by atoms with van der Waals surface area (Å²) in [6.07, 6.45) is 1.75. The Bertz CT molecular complexity index is 390. The quantitative estimate of drug-likeness (QED) is 0.797. The molecule has 100 valence electrons. The molecule has 0 aliphatic rings. The van der Waals surface area contributed by atoms with E-state index in [4.69, 9.17) is 5.73 Å². The van der Waals surface area contributed by atoms with Crippen LogP contribution in [0.4, 0.5) is 5.69 Å². The molecule has 0 aliphatic heterocycles. The number of aliphatic hydroxyl groups excluding tert-OH is 1. The fraction of sp³-hybridized carbons (Fsp3) is 0.538. The minimum atomic E-state index is -0.539. The highest BCUT2D eigenvalue weighted by atomic mass is 16.3. The third kappa shape index (κ3) is 3.70. The third-order valence-corrected chi connectivity index (χ3v) is 2.78. The van der Waals surface area contributed by atoms with Crippen LogP contribution in [0.5, 0.6) is 0 Å². The number of aromatic nitrogens is 1. The molecule has 0 saturated carbocycles. The summed E-state index contributed by atoms with van der Waals surface area (Å²) in [7, 11) is 0. The molecule has 1 aromatic rings. The highest BCUT2D eigenvalue weighted by molar-refractivity contribution is 5.79. The van der Waals surface area contributed by atoms with Gasteiger partial charge >= 0.3 is 0 Å². The first kappa shape index (κ1) is 14.4. The Labute approximate surface area is 108 Å². The van der Waals surface area contributed by atoms with Crippen LogP contribution in [0.25, 0.3) is 0 Å². The molecule has 3 N–H and O–H groups in total. The lowest BCUT2D eigenvalue weighted by Gasteiger charge is -2.27. The van der Waals surface area contributed by atoms with Gasteiger partial charge in [0.2, 0.25) is 5.91 Å². The predicted molar refractivity (Wildman–Crippen MR) is 71.2 cm³/mol. The number of pyridine rings is 1. The Morgan fingerprint density at radius 3 is 2.56 bits per heavy atom. The number of hydrogen-bond donors (Lipinski definition) is 2. The van der Waals surface area contributed by atoms with Gasteiger partial charge in [-0.3, -0.25) is 9.78 Å². The topological polar surface area (TPSA) is 79.5 Å². The molecule has 0 radical (unpaired) electrons. The number of carbonyl (C=O) groups is 1. The van der Waals surface area contributed by atoms with Gasteiger partial charge in [-0.15, -0.1) is 0 Å². The lowest BCUT2D eigenvalue weighted by atomic mass is 10.1. The monoisotopic (exact) mass is 251 g/mol. The largest absolute Gasteiger partial charge is 0.387 e. The second-order valence-corrected chi connectivity index (χ2v) is 4.55. The number of rotatable bonds is 6. The SMILES string of the molecule is CC[C@H](O)c1ccc(N(CC(N)=O)C(C)C)cn1. The average molecular weight is 251 g/mol. The zero-order chi connectivity index (χ0) is 13.7. The van der Waals surface area contributed by atoms with Crippen molar-refractivity contribution in [3.63, 3.8) is 0 Å². The van der Waals surface area contributed by atoms with E-state index < -0.39 is 6.10 Å². The van der Waals surface area contributed by atoms with Gasteiger partial charge < -0.3 is 15.7 Å². The fourth-order valence-corrected chi connectivity index (χ4v) is 1.71. The first-order valence-corrected chi connectivity index (χ1v) is 6.14. The Balaban J connectivity index is 2.90. The fourth-order valence-electron chi connectivity index (χ4n) is 1.71. The molecule has 0 saturated heterocycles. The van der Waals surface area contributed by atoms with Crippen LogP contribution in [0.3, 0.4) is 0 Å². The molecular weight excluding hydrogens is 230 g/mol. The van der Waals surface area contributed by atoms with Gasteiger partial charge in [-0.1, -0.05) is 6.92 Å². The summed E-state index contributed by atoms with van der Waals surface area (Å²) in [5, 5.41) is 9.66. The summed E-state index contributed by atoms with van der Waals surface area (Å²) >= 11 is 0. The minimum Gasteiger partial charge on any atom is -0.387 e. The molecule has 0 spiro atoms. The van der Waals surface area contributed by atoms with Crippen molar-refractivity contribution >= 4 is 11.6 Å². The summed E-state index contributed by atoms with van der Waals surface area (Å²) < 4.78 is 0. The molecule has 5 heteroatoms. The van der Waals surface area contributed by atoms with E-state index >= 15 is 0 Å². The van der Waals surface area contributed by atoms with Crippen LogP contribution in [0.2, 0.25) is 0 Å². The van der Waals surface area contributed by atoms with Crippen molar-refractivity contribution in [1.82, 2.24) is 4.98 Å². The molecule has 0 unspecified atom stereocenters. The second-order valence-electron chi connectivity index (χ2n) is 4.55. The van der Waals surface area contributed by atoms with E-state index in [1.54, 1.807) is 12.3 Å². The van der Waals surface area contributed by atoms with Crippen LogP contribution in [-0.4, -0.2) is 28.6 Å². The van der Waals surface area contributed by atoms with Crippen molar-refractivity contribution < 1.29 is 9.90 Å². The summed E-state index contributed by atoms with van der Waals surface area (Å²) in [4.78, 5) is 17.1. The van der Waals surface area contributed by atoms with Crippen LogP contribution >= 0.6 is 0 Å². The Kier molecular flexibility index (Phi) is 5.09. The number of aliphatic hydroxyl groups is 1. The van der Waals surface area contributed by atoms with Crippen molar-refractivity contribution in [2.45, 2.75) is 39.3 Å². The van der Waals surface area contributed by atoms with Crippen LogP contribution in [0.15, 0.2) is 18.3 Å². The normalized spacial score (nSPS) is 12.5. The lowest BCUT2D eigenvalue weighted by Crippen LogP contribution is -2.38. The molecule has 1 atom stereocenters. The first-order valence-electron chi connectivity index (χ1n) is 6.14. The molecule has 18 heavy (non-hydrogen) atoms. The van der Waals surface area contributed by atoms with Gasteiger partial charge in [-0.2, -0.15) is 0 Å². The van der Waals surface area contributed by atoms with Crippen molar-refractivity contribution in [3.05, 3.63) is 24.0 Å². The second kappa shape index (κ2) is 6.35. The minimum absolute atomic E-state index is 0.154. The molecule has 1 amide bonds. The number of amides is 1. The van der Waals surface area contributed by atoms with E-state index in [2.05, 4.69) is 4.98 Å². The predicted octanol–water partition coefficient (Wildman–Crippen LogP) is 1.23. The summed E-state index contributed by atoms with van der Waals surface area (Å²) in [6.45, 7) is 6.03. The summed E-state index contributed by atoms with van der Waals surface area (Å²) in [5.41, 5.74) is 6.70. The lowest BCUT2D eigenvalue weighted by molar-refractivity contribution is -0.116. The van der Waals surface area contributed by atoms with E-state index in [0.717, 1.165) is 5.69 Å². The van der Waals surface area contributed by atoms with Crippen molar-refractivity contribution in [2.24, 2.45) is 5.73 Å². The van der Waals surface area contributed by atoms with E-state index in [9.17, 15) is 9.90 Å². The summed E-state index contributed by atoms with van der Waals surface area (Å²) in [5.74, 6) is -0.374. The van der Waals surface area contributed by atoms with Crippen molar-refractivity contribution in [3.8, 4) is 0 Å². The van der Waals surface area contributed by atoms with Gasteiger partial charge in [0.25, 0.3) is 0 Å². The van der Waals surface area contributed by atoms with Crippen molar-refractivity contribution in [2.75, 3.05) is 11.4 Å². The van der Waals surface area contributed by atoms with Crippen molar-refractivity contribution in [1.29, 1.82) is 0 Å². The van der Waals surface area contributed by atoms with Gasteiger partial charge in [0, 0.05) is 6.04 Å². The molecule has 0 aliphatic carbocycles. The first-order chi connectivity index (χ1) is 8.45. The van der Waals surface area contributed by atoms with E-state index in [1.807, 2.05) is 31.7 Å². The number of nitrogens with zero attached hydrogens (tertiary/aromatic N) is 2. The molecule has 5 nitrogen and oxygen atoms in total. The molecule has 1 aromatic heterocycles. The smallest absolute Gasteiger partial charge is 0.236 e. The molecule has 0 fully saturated rings. The van der Waals surface area contributed by atoms with Crippen LogP contribution in [0.1, 0.15) is 39.0 Å². The molecule has 1 heterocycles. The van der Waals surface area contributed by atoms with Gasteiger partial charge in [0.05, 0.1) is 30.2 Å². The van der Waals surface area contributed by atoms with E-state index in [1.165, 1.54) is 0 Å². The molecular formula is C13H21N3O2. The zero-order valence-corrected chi connectivity index (χ0v) is 11.1. The number of carbonyl (C=O) groups excluding carboxylic acids is 1. The van der Waals surface area contributed by atoms with Gasteiger partial charge in [-0.25, -0.2) is 0 Å². The maximum Gasteiger partial charge on any atom is 0.236 e.